The fraction of sp³-hybridized carbons (Fsp3) is 1.00. The van der Waals surface area contributed by atoms with Crippen molar-refractivity contribution in [3.05, 3.63) is 0 Å². The third-order valence-electron chi connectivity index (χ3n) is 4.15. The summed E-state index contributed by atoms with van der Waals surface area (Å²) in [5, 5.41) is 0. The quantitative estimate of drug-likeness (QED) is 0.696. The molecule has 4 aliphatic rings. The second kappa shape index (κ2) is 3.90. The molecule has 7 atom stereocenters. The Kier molecular flexibility index (Phi) is 2.72. The van der Waals surface area contributed by atoms with Crippen molar-refractivity contribution in [2.24, 2.45) is 11.8 Å². The summed E-state index contributed by atoms with van der Waals surface area (Å²) in [6.45, 7) is 6.41. The van der Waals surface area contributed by atoms with E-state index in [1.54, 1.807) is 7.11 Å². The van der Waals surface area contributed by atoms with Gasteiger partial charge in [0.15, 0.2) is 0 Å². The van der Waals surface area contributed by atoms with E-state index in [0.29, 0.717) is 11.8 Å². The van der Waals surface area contributed by atoms with Gasteiger partial charge in [0.1, 0.15) is 12.9 Å². The lowest BCUT2D eigenvalue weighted by atomic mass is 9.72. The molecule has 0 N–H and O–H groups in total. The van der Waals surface area contributed by atoms with Crippen LogP contribution in [0, 0.1) is 11.8 Å². The van der Waals surface area contributed by atoms with Gasteiger partial charge >= 0.3 is 0 Å². The lowest BCUT2D eigenvalue weighted by Crippen LogP contribution is -2.74. The summed E-state index contributed by atoms with van der Waals surface area (Å²) in [7, 11) is 1.62. The van der Waals surface area contributed by atoms with E-state index in [9.17, 15) is 0 Å². The summed E-state index contributed by atoms with van der Waals surface area (Å²) in [4.78, 5) is 0. The highest BCUT2D eigenvalue weighted by molar-refractivity contribution is 5.04. The van der Waals surface area contributed by atoms with E-state index >= 15 is 0 Å². The first-order valence-electron chi connectivity index (χ1n) is 6.20. The summed E-state index contributed by atoms with van der Waals surface area (Å²) in [5.74, 6) is -0.244. The van der Waals surface area contributed by atoms with E-state index in [1.165, 1.54) is 0 Å². The molecule has 98 valence electrons. The molecule has 0 aromatic carbocycles. The molecule has 3 heterocycles. The average Bonchev–Trinajstić information content (AvgIpc) is 2.29. The van der Waals surface area contributed by atoms with Gasteiger partial charge in [0.2, 0.25) is 0 Å². The molecule has 1 aliphatic carbocycles. The van der Waals surface area contributed by atoms with Crippen molar-refractivity contribution in [1.29, 1.82) is 0 Å². The summed E-state index contributed by atoms with van der Waals surface area (Å²) in [5.41, 5.74) is 0. The molecule has 3 saturated heterocycles. The standard InChI is InChI=1S/C12H20O5/c1-6-8-7(2)10-11(14-5-13-4)9(6)16-12(3,15-8)17-10/h6-11H,5H2,1-4H3/t6-,7?,8?,9+,10+,11?,12?/m0/s1. The third-order valence-corrected chi connectivity index (χ3v) is 4.15. The fourth-order valence-electron chi connectivity index (χ4n) is 3.36. The van der Waals surface area contributed by atoms with E-state index in [-0.39, 0.29) is 31.2 Å². The zero-order chi connectivity index (χ0) is 12.2. The van der Waals surface area contributed by atoms with Gasteiger partial charge in [-0.15, -0.1) is 0 Å². The Labute approximate surface area is 101 Å². The van der Waals surface area contributed by atoms with Crippen molar-refractivity contribution in [3.8, 4) is 0 Å². The van der Waals surface area contributed by atoms with E-state index in [2.05, 4.69) is 13.8 Å². The second-order valence-corrected chi connectivity index (χ2v) is 5.37. The van der Waals surface area contributed by atoms with E-state index < -0.39 is 5.97 Å². The number of methoxy groups -OCH3 is 1. The van der Waals surface area contributed by atoms with Gasteiger partial charge in [-0.05, 0) is 0 Å². The molecule has 0 amide bonds. The minimum atomic E-state index is -0.883. The monoisotopic (exact) mass is 244 g/mol. The maximum absolute atomic E-state index is 5.86. The highest BCUT2D eigenvalue weighted by Crippen LogP contribution is 2.50. The smallest absolute Gasteiger partial charge is 0.280 e. The topological polar surface area (TPSA) is 46.2 Å². The van der Waals surface area contributed by atoms with Crippen LogP contribution in [-0.2, 0) is 23.7 Å². The van der Waals surface area contributed by atoms with Crippen molar-refractivity contribution >= 4 is 0 Å². The summed E-state index contributed by atoms with van der Waals surface area (Å²) >= 11 is 0. The highest BCUT2D eigenvalue weighted by atomic mass is 16.9. The fourth-order valence-corrected chi connectivity index (χ4v) is 3.36. The Morgan fingerprint density at radius 1 is 1.00 bits per heavy atom. The largest absolute Gasteiger partial charge is 0.359 e. The first-order valence-corrected chi connectivity index (χ1v) is 6.20. The average molecular weight is 244 g/mol. The van der Waals surface area contributed by atoms with Crippen LogP contribution < -0.4 is 0 Å². The minimum absolute atomic E-state index is 0.0313. The van der Waals surface area contributed by atoms with Crippen LogP contribution in [0.25, 0.3) is 0 Å². The molecule has 0 aromatic heterocycles. The van der Waals surface area contributed by atoms with Crippen molar-refractivity contribution in [2.75, 3.05) is 13.9 Å². The van der Waals surface area contributed by atoms with Crippen LogP contribution in [0.3, 0.4) is 0 Å². The number of hydrogen-bond acceptors (Lipinski definition) is 5. The van der Waals surface area contributed by atoms with Crippen LogP contribution in [0.2, 0.25) is 0 Å². The Morgan fingerprint density at radius 2 is 1.53 bits per heavy atom. The van der Waals surface area contributed by atoms with Crippen LogP contribution in [0.1, 0.15) is 20.8 Å². The molecule has 4 unspecified atom stereocenters. The predicted molar refractivity (Wildman–Crippen MR) is 58.1 cm³/mol. The summed E-state index contributed by atoms with van der Waals surface area (Å²) < 4.78 is 28.3. The molecule has 0 aromatic rings. The Balaban J connectivity index is 1.84. The Bertz CT molecular complexity index is 287. The van der Waals surface area contributed by atoms with Crippen LogP contribution >= 0.6 is 0 Å². The van der Waals surface area contributed by atoms with Crippen LogP contribution in [0.5, 0.6) is 0 Å². The zero-order valence-electron chi connectivity index (χ0n) is 10.7. The molecular formula is C12H20O5. The number of rotatable bonds is 3. The Hall–Kier alpha value is -0.200. The van der Waals surface area contributed by atoms with Gasteiger partial charge in [0, 0.05) is 25.9 Å². The van der Waals surface area contributed by atoms with Crippen molar-refractivity contribution < 1.29 is 23.7 Å². The van der Waals surface area contributed by atoms with Gasteiger partial charge in [-0.1, -0.05) is 13.8 Å². The third kappa shape index (κ3) is 1.64. The summed E-state index contributed by atoms with van der Waals surface area (Å²) in [6.07, 6.45) is 0.195. The van der Waals surface area contributed by atoms with Crippen molar-refractivity contribution in [2.45, 2.75) is 51.2 Å². The van der Waals surface area contributed by atoms with E-state index in [1.807, 2.05) is 6.92 Å². The molecule has 5 heteroatoms. The zero-order valence-corrected chi connectivity index (χ0v) is 10.7. The van der Waals surface area contributed by atoms with Gasteiger partial charge < -0.3 is 23.7 Å². The lowest BCUT2D eigenvalue weighted by Gasteiger charge is -2.62. The van der Waals surface area contributed by atoms with Gasteiger partial charge in [-0.3, -0.25) is 0 Å². The number of ether oxygens (including phenoxy) is 5. The molecule has 0 radical (unpaired) electrons. The maximum atomic E-state index is 5.86. The second-order valence-electron chi connectivity index (χ2n) is 5.37. The molecule has 4 rings (SSSR count). The van der Waals surface area contributed by atoms with Crippen molar-refractivity contribution in [3.63, 3.8) is 0 Å². The first-order chi connectivity index (χ1) is 8.06. The molecule has 3 aliphatic heterocycles. The van der Waals surface area contributed by atoms with Crippen molar-refractivity contribution in [1.82, 2.24) is 0 Å². The number of hydrogen-bond donors (Lipinski definition) is 0. The van der Waals surface area contributed by atoms with Gasteiger partial charge in [-0.25, -0.2) is 0 Å². The van der Waals surface area contributed by atoms with E-state index in [0.717, 1.165) is 0 Å². The predicted octanol–water partition coefficient (Wildman–Crippen LogP) is 1.12. The SMILES string of the molecule is COCOC1[C@@H]2OC3(C)OC(C2C)[C@H](C)[C@H]1O3. The van der Waals surface area contributed by atoms with Crippen LogP contribution in [0.4, 0.5) is 0 Å². The van der Waals surface area contributed by atoms with E-state index in [4.69, 9.17) is 23.7 Å². The molecule has 5 nitrogen and oxygen atoms in total. The Morgan fingerprint density at radius 3 is 2.06 bits per heavy atom. The van der Waals surface area contributed by atoms with Crippen LogP contribution in [-0.4, -0.2) is 44.3 Å². The maximum Gasteiger partial charge on any atom is 0.280 e. The lowest BCUT2D eigenvalue weighted by molar-refractivity contribution is -0.526. The molecular weight excluding hydrogens is 224 g/mol. The normalized spacial score (nSPS) is 56.5. The van der Waals surface area contributed by atoms with Gasteiger partial charge in [0.25, 0.3) is 5.97 Å². The van der Waals surface area contributed by atoms with Gasteiger partial charge in [0.05, 0.1) is 18.3 Å². The van der Waals surface area contributed by atoms with Crippen LogP contribution in [0.15, 0.2) is 0 Å². The molecule has 1 saturated carbocycles. The minimum Gasteiger partial charge on any atom is -0.359 e. The summed E-state index contributed by atoms with van der Waals surface area (Å²) in [6, 6.07) is 0. The van der Waals surface area contributed by atoms with Gasteiger partial charge in [-0.2, -0.15) is 0 Å². The first kappa shape index (κ1) is 11.9. The molecule has 0 spiro atoms. The molecule has 4 bridgehead atoms. The highest BCUT2D eigenvalue weighted by Gasteiger charge is 2.63. The molecule has 17 heavy (non-hydrogen) atoms. The molecule has 4 fully saturated rings.